The first-order chi connectivity index (χ1) is 9.58. The van der Waals surface area contributed by atoms with Crippen LogP contribution < -0.4 is 5.73 Å². The molecule has 0 saturated carbocycles. The van der Waals surface area contributed by atoms with Crippen molar-refractivity contribution in [3.8, 4) is 0 Å². The van der Waals surface area contributed by atoms with Gasteiger partial charge in [0, 0.05) is 34.0 Å². The van der Waals surface area contributed by atoms with Crippen LogP contribution in [0.15, 0.2) is 39.4 Å². The van der Waals surface area contributed by atoms with Gasteiger partial charge in [-0.25, -0.2) is 0 Å². The Morgan fingerprint density at radius 2 is 2.30 bits per heavy atom. The Morgan fingerprint density at radius 3 is 2.95 bits per heavy atom. The second kappa shape index (κ2) is 6.83. The van der Waals surface area contributed by atoms with E-state index in [1.165, 1.54) is 4.88 Å². The second-order valence-corrected chi connectivity index (χ2v) is 6.35. The van der Waals surface area contributed by atoms with Crippen molar-refractivity contribution in [3.05, 3.63) is 50.4 Å². The molecule has 0 atom stereocenters. The van der Waals surface area contributed by atoms with E-state index >= 15 is 0 Å². The SMILES string of the molecule is CN(Cc1ccnc(C(N)=NO)c1)Cc1cc(Br)cs1. The summed E-state index contributed by atoms with van der Waals surface area (Å²) < 4.78 is 1.11. The van der Waals surface area contributed by atoms with Crippen molar-refractivity contribution < 1.29 is 5.21 Å². The Labute approximate surface area is 129 Å². The maximum Gasteiger partial charge on any atom is 0.188 e. The Hall–Kier alpha value is -1.44. The van der Waals surface area contributed by atoms with Gasteiger partial charge in [-0.15, -0.1) is 11.3 Å². The summed E-state index contributed by atoms with van der Waals surface area (Å²) in [6.45, 7) is 1.64. The van der Waals surface area contributed by atoms with Crippen LogP contribution in [0.3, 0.4) is 0 Å². The molecule has 2 rings (SSSR count). The number of hydrogen-bond donors (Lipinski definition) is 2. The second-order valence-electron chi connectivity index (χ2n) is 4.44. The molecule has 0 saturated heterocycles. The van der Waals surface area contributed by atoms with E-state index < -0.39 is 0 Å². The third-order valence-corrected chi connectivity index (χ3v) is 4.38. The Morgan fingerprint density at radius 1 is 1.50 bits per heavy atom. The fraction of sp³-hybridized carbons (Fsp3) is 0.231. The van der Waals surface area contributed by atoms with E-state index in [1.807, 2.05) is 12.1 Å². The predicted octanol–water partition coefficient (Wildman–Crippen LogP) is 2.63. The maximum absolute atomic E-state index is 8.67. The monoisotopic (exact) mass is 354 g/mol. The molecule has 0 radical (unpaired) electrons. The number of aromatic nitrogens is 1. The summed E-state index contributed by atoms with van der Waals surface area (Å²) in [7, 11) is 2.05. The maximum atomic E-state index is 8.67. The lowest BCUT2D eigenvalue weighted by atomic mass is 10.2. The van der Waals surface area contributed by atoms with Crippen molar-refractivity contribution in [3.63, 3.8) is 0 Å². The van der Waals surface area contributed by atoms with Crippen LogP contribution in [0.2, 0.25) is 0 Å². The molecule has 20 heavy (non-hydrogen) atoms. The van der Waals surface area contributed by atoms with Gasteiger partial charge < -0.3 is 10.9 Å². The molecule has 0 aliphatic heterocycles. The first-order valence-corrected chi connectivity index (χ1v) is 7.60. The number of rotatable bonds is 5. The molecule has 0 fully saturated rings. The van der Waals surface area contributed by atoms with Gasteiger partial charge in [0.1, 0.15) is 5.69 Å². The summed E-state index contributed by atoms with van der Waals surface area (Å²) in [6.07, 6.45) is 1.66. The zero-order valence-electron chi connectivity index (χ0n) is 11.0. The molecule has 106 valence electrons. The van der Waals surface area contributed by atoms with Crippen LogP contribution in [0.4, 0.5) is 0 Å². The predicted molar refractivity (Wildman–Crippen MR) is 83.9 cm³/mol. The molecule has 0 amide bonds. The first-order valence-electron chi connectivity index (χ1n) is 5.93. The number of halogens is 1. The van der Waals surface area contributed by atoms with E-state index in [9.17, 15) is 0 Å². The van der Waals surface area contributed by atoms with Gasteiger partial charge >= 0.3 is 0 Å². The number of thiophene rings is 1. The Bertz CT molecular complexity index is 614. The van der Waals surface area contributed by atoms with Crippen molar-refractivity contribution in [1.82, 2.24) is 9.88 Å². The summed E-state index contributed by atoms with van der Waals surface area (Å²) in [4.78, 5) is 7.56. The highest BCUT2D eigenvalue weighted by molar-refractivity contribution is 9.10. The largest absolute Gasteiger partial charge is 0.409 e. The van der Waals surface area contributed by atoms with Crippen molar-refractivity contribution in [2.75, 3.05) is 7.05 Å². The molecule has 5 nitrogen and oxygen atoms in total. The highest BCUT2D eigenvalue weighted by Crippen LogP contribution is 2.21. The smallest absolute Gasteiger partial charge is 0.188 e. The number of hydrogen-bond acceptors (Lipinski definition) is 5. The minimum absolute atomic E-state index is 0.0247. The van der Waals surface area contributed by atoms with E-state index in [0.717, 1.165) is 23.1 Å². The van der Waals surface area contributed by atoms with Crippen molar-refractivity contribution in [2.24, 2.45) is 10.9 Å². The molecule has 3 N–H and O–H groups in total. The van der Waals surface area contributed by atoms with Gasteiger partial charge in [-0.1, -0.05) is 5.16 Å². The molecular weight excluding hydrogens is 340 g/mol. The quantitative estimate of drug-likeness (QED) is 0.374. The van der Waals surface area contributed by atoms with Gasteiger partial charge in [0.25, 0.3) is 0 Å². The summed E-state index contributed by atoms with van der Waals surface area (Å²) >= 11 is 5.18. The number of pyridine rings is 1. The lowest BCUT2D eigenvalue weighted by Gasteiger charge is -2.15. The number of nitrogens with zero attached hydrogens (tertiary/aromatic N) is 3. The third kappa shape index (κ3) is 4.03. The van der Waals surface area contributed by atoms with Crippen LogP contribution in [0, 0.1) is 0 Å². The van der Waals surface area contributed by atoms with Gasteiger partial charge in [0.05, 0.1) is 0 Å². The molecule has 0 spiro atoms. The lowest BCUT2D eigenvalue weighted by molar-refractivity contribution is 0.318. The van der Waals surface area contributed by atoms with Crippen LogP contribution in [-0.2, 0) is 13.1 Å². The lowest BCUT2D eigenvalue weighted by Crippen LogP contribution is -2.18. The molecule has 2 aromatic heterocycles. The van der Waals surface area contributed by atoms with E-state index in [0.29, 0.717) is 5.69 Å². The molecule has 7 heteroatoms. The standard InChI is InChI=1S/C13H15BrN4OS/c1-18(7-11-5-10(14)8-20-11)6-9-2-3-16-12(4-9)13(15)17-19/h2-5,8,19H,6-7H2,1H3,(H2,15,17). The molecule has 0 aliphatic rings. The molecule has 2 heterocycles. The molecular formula is C13H15BrN4OS. The zero-order chi connectivity index (χ0) is 14.5. The van der Waals surface area contributed by atoms with Crippen molar-refractivity contribution >= 4 is 33.1 Å². The van der Waals surface area contributed by atoms with Gasteiger partial charge in [-0.3, -0.25) is 9.88 Å². The normalized spacial score (nSPS) is 12.1. The summed E-state index contributed by atoms with van der Waals surface area (Å²) in [5, 5.41) is 13.7. The van der Waals surface area contributed by atoms with Crippen LogP contribution in [0.5, 0.6) is 0 Å². The van der Waals surface area contributed by atoms with E-state index in [4.69, 9.17) is 10.9 Å². The summed E-state index contributed by atoms with van der Waals surface area (Å²) in [5.41, 5.74) is 7.09. The minimum Gasteiger partial charge on any atom is -0.409 e. The van der Waals surface area contributed by atoms with Crippen LogP contribution in [0.25, 0.3) is 0 Å². The molecule has 0 bridgehead atoms. The first kappa shape index (κ1) is 15.0. The topological polar surface area (TPSA) is 74.7 Å². The number of oxime groups is 1. The fourth-order valence-corrected chi connectivity index (χ4v) is 3.36. The summed E-state index contributed by atoms with van der Waals surface area (Å²) in [6, 6.07) is 5.88. The Kier molecular flexibility index (Phi) is 5.11. The van der Waals surface area contributed by atoms with E-state index in [2.05, 4.69) is 49.5 Å². The van der Waals surface area contributed by atoms with E-state index in [-0.39, 0.29) is 5.84 Å². The fourth-order valence-electron chi connectivity index (χ4n) is 1.83. The van der Waals surface area contributed by atoms with Gasteiger partial charge in [0.2, 0.25) is 0 Å². The van der Waals surface area contributed by atoms with Crippen molar-refractivity contribution in [2.45, 2.75) is 13.1 Å². The molecule has 2 aromatic rings. The van der Waals surface area contributed by atoms with Gasteiger partial charge in [0.15, 0.2) is 5.84 Å². The molecule has 0 unspecified atom stereocenters. The van der Waals surface area contributed by atoms with Crippen LogP contribution in [0.1, 0.15) is 16.1 Å². The van der Waals surface area contributed by atoms with Crippen LogP contribution in [-0.4, -0.2) is 28.0 Å². The van der Waals surface area contributed by atoms with Crippen LogP contribution >= 0.6 is 27.3 Å². The average Bonchev–Trinajstić information content (AvgIpc) is 2.83. The van der Waals surface area contributed by atoms with Gasteiger partial charge in [-0.05, 0) is 46.7 Å². The summed E-state index contributed by atoms with van der Waals surface area (Å²) in [5.74, 6) is 0.0247. The zero-order valence-corrected chi connectivity index (χ0v) is 13.4. The highest BCUT2D eigenvalue weighted by atomic mass is 79.9. The molecule has 0 aromatic carbocycles. The number of amidine groups is 1. The van der Waals surface area contributed by atoms with Crippen molar-refractivity contribution in [1.29, 1.82) is 0 Å². The molecule has 0 aliphatic carbocycles. The minimum atomic E-state index is 0.0247. The number of nitrogens with two attached hydrogens (primary N) is 1. The highest BCUT2D eigenvalue weighted by Gasteiger charge is 2.06. The third-order valence-electron chi connectivity index (χ3n) is 2.69. The average molecular weight is 355 g/mol. The van der Waals surface area contributed by atoms with E-state index in [1.54, 1.807) is 17.5 Å². The Balaban J connectivity index is 2.02. The van der Waals surface area contributed by atoms with Gasteiger partial charge in [-0.2, -0.15) is 0 Å².